The number of hydrazone groups is 1. The number of sulfonamides is 1. The van der Waals surface area contributed by atoms with Gasteiger partial charge in [-0.25, -0.2) is 0 Å². The number of allylic oxidation sites excluding steroid dienone is 2. The van der Waals surface area contributed by atoms with Gasteiger partial charge in [0.15, 0.2) is 0 Å². The molecule has 0 amide bonds. The van der Waals surface area contributed by atoms with E-state index in [1.807, 2.05) is 0 Å². The monoisotopic (exact) mass is 306 g/mol. The van der Waals surface area contributed by atoms with Crippen LogP contribution in [0.4, 0.5) is 0 Å². The van der Waals surface area contributed by atoms with Crippen LogP contribution in [-0.4, -0.2) is 14.1 Å². The molecule has 5 heteroatoms. The van der Waals surface area contributed by atoms with Crippen molar-refractivity contribution in [3.8, 4) is 0 Å². The van der Waals surface area contributed by atoms with Gasteiger partial charge >= 0.3 is 0 Å². The van der Waals surface area contributed by atoms with E-state index < -0.39 is 10.0 Å². The SMILES string of the molecule is CC(C)C1=CC[C@H](C)C/C1=N/NS(=O)(=O)c1ccccc1. The molecule has 1 N–H and O–H groups in total. The van der Waals surface area contributed by atoms with Crippen molar-refractivity contribution in [2.45, 2.75) is 38.5 Å². The first-order valence-corrected chi connectivity index (χ1v) is 8.72. The van der Waals surface area contributed by atoms with E-state index in [2.05, 4.69) is 36.8 Å². The van der Waals surface area contributed by atoms with Crippen LogP contribution in [-0.2, 0) is 10.0 Å². The maximum absolute atomic E-state index is 12.2. The summed E-state index contributed by atoms with van der Waals surface area (Å²) in [7, 11) is -3.59. The van der Waals surface area contributed by atoms with E-state index in [9.17, 15) is 8.42 Å². The summed E-state index contributed by atoms with van der Waals surface area (Å²) in [6.07, 6.45) is 4.01. The first-order chi connectivity index (χ1) is 9.90. The lowest BCUT2D eigenvalue weighted by Gasteiger charge is -2.23. The van der Waals surface area contributed by atoms with Crippen molar-refractivity contribution in [1.29, 1.82) is 0 Å². The number of nitrogens with one attached hydrogen (secondary N) is 1. The molecule has 0 radical (unpaired) electrons. The maximum atomic E-state index is 12.2. The van der Waals surface area contributed by atoms with Gasteiger partial charge in [0, 0.05) is 0 Å². The van der Waals surface area contributed by atoms with E-state index in [1.54, 1.807) is 30.3 Å². The highest BCUT2D eigenvalue weighted by atomic mass is 32.2. The minimum absolute atomic E-state index is 0.230. The van der Waals surface area contributed by atoms with Gasteiger partial charge < -0.3 is 0 Å². The predicted molar refractivity (Wildman–Crippen MR) is 85.5 cm³/mol. The highest BCUT2D eigenvalue weighted by Gasteiger charge is 2.20. The van der Waals surface area contributed by atoms with Gasteiger partial charge in [0.25, 0.3) is 10.0 Å². The lowest BCUT2D eigenvalue weighted by molar-refractivity contribution is 0.578. The van der Waals surface area contributed by atoms with Crippen LogP contribution in [0.5, 0.6) is 0 Å². The fourth-order valence-corrected chi connectivity index (χ4v) is 3.28. The van der Waals surface area contributed by atoms with Crippen LogP contribution < -0.4 is 4.83 Å². The summed E-state index contributed by atoms with van der Waals surface area (Å²) in [5.41, 5.74) is 1.99. The molecule has 0 spiro atoms. The number of nitrogens with zero attached hydrogens (tertiary/aromatic N) is 1. The molecule has 1 aliphatic carbocycles. The van der Waals surface area contributed by atoms with Gasteiger partial charge in [-0.05, 0) is 42.4 Å². The smallest absolute Gasteiger partial charge is 0.200 e. The summed E-state index contributed by atoms with van der Waals surface area (Å²) in [6, 6.07) is 8.30. The summed E-state index contributed by atoms with van der Waals surface area (Å²) < 4.78 is 24.4. The van der Waals surface area contributed by atoms with Gasteiger partial charge in [-0.3, -0.25) is 0 Å². The first-order valence-electron chi connectivity index (χ1n) is 7.24. The molecule has 1 aromatic carbocycles. The first kappa shape index (κ1) is 15.8. The van der Waals surface area contributed by atoms with E-state index in [0.29, 0.717) is 11.8 Å². The van der Waals surface area contributed by atoms with E-state index in [1.165, 1.54) is 0 Å². The van der Waals surface area contributed by atoms with Crippen LogP contribution in [0.1, 0.15) is 33.6 Å². The van der Waals surface area contributed by atoms with Gasteiger partial charge in [-0.2, -0.15) is 18.4 Å². The van der Waals surface area contributed by atoms with Crippen LogP contribution in [0, 0.1) is 11.8 Å². The highest BCUT2D eigenvalue weighted by Crippen LogP contribution is 2.25. The van der Waals surface area contributed by atoms with Crippen LogP contribution in [0.3, 0.4) is 0 Å². The zero-order valence-electron chi connectivity index (χ0n) is 12.7. The average Bonchev–Trinajstić information content (AvgIpc) is 2.46. The van der Waals surface area contributed by atoms with E-state index in [4.69, 9.17) is 0 Å². The summed E-state index contributed by atoms with van der Waals surface area (Å²) in [4.78, 5) is 2.60. The van der Waals surface area contributed by atoms with Gasteiger partial charge in [-0.15, -0.1) is 0 Å². The lowest BCUT2D eigenvalue weighted by Crippen LogP contribution is -2.24. The molecule has 0 unspecified atom stereocenters. The molecule has 1 aliphatic rings. The molecular weight excluding hydrogens is 284 g/mol. The largest absolute Gasteiger partial charge is 0.276 e. The summed E-state index contributed by atoms with van der Waals surface area (Å²) >= 11 is 0. The molecule has 1 atom stereocenters. The normalized spacial score (nSPS) is 21.4. The Hall–Kier alpha value is -1.62. The van der Waals surface area contributed by atoms with Gasteiger partial charge in [0.1, 0.15) is 0 Å². The second-order valence-corrected chi connectivity index (χ2v) is 7.49. The van der Waals surface area contributed by atoms with Crippen molar-refractivity contribution in [3.05, 3.63) is 42.0 Å². The van der Waals surface area contributed by atoms with Crippen molar-refractivity contribution < 1.29 is 8.42 Å². The van der Waals surface area contributed by atoms with E-state index >= 15 is 0 Å². The Morgan fingerprint density at radius 2 is 1.90 bits per heavy atom. The Labute approximate surface area is 127 Å². The second-order valence-electron chi connectivity index (χ2n) is 5.83. The van der Waals surface area contributed by atoms with Crippen molar-refractivity contribution in [3.63, 3.8) is 0 Å². The minimum atomic E-state index is -3.59. The van der Waals surface area contributed by atoms with Crippen LogP contribution >= 0.6 is 0 Å². The third-order valence-corrected chi connectivity index (χ3v) is 4.82. The second kappa shape index (κ2) is 6.43. The topological polar surface area (TPSA) is 58.5 Å². The molecule has 0 fully saturated rings. The molecule has 0 saturated heterocycles. The predicted octanol–water partition coefficient (Wildman–Crippen LogP) is 3.33. The summed E-state index contributed by atoms with van der Waals surface area (Å²) in [5.74, 6) is 0.838. The van der Waals surface area contributed by atoms with E-state index in [0.717, 1.165) is 24.1 Å². The maximum Gasteiger partial charge on any atom is 0.276 e. The number of benzene rings is 1. The Morgan fingerprint density at radius 1 is 1.24 bits per heavy atom. The Morgan fingerprint density at radius 3 is 2.52 bits per heavy atom. The van der Waals surface area contributed by atoms with Gasteiger partial charge in [0.2, 0.25) is 0 Å². The molecule has 114 valence electrons. The molecule has 0 heterocycles. The average molecular weight is 306 g/mol. The van der Waals surface area contributed by atoms with E-state index in [-0.39, 0.29) is 4.90 Å². The van der Waals surface area contributed by atoms with Crippen LogP contribution in [0.25, 0.3) is 0 Å². The molecule has 0 aromatic heterocycles. The van der Waals surface area contributed by atoms with Crippen LogP contribution in [0.15, 0.2) is 52.0 Å². The number of hydrogen-bond acceptors (Lipinski definition) is 3. The van der Waals surface area contributed by atoms with Gasteiger partial charge in [0.05, 0.1) is 10.6 Å². The fraction of sp³-hybridized carbons (Fsp3) is 0.438. The molecule has 21 heavy (non-hydrogen) atoms. The molecule has 1 aromatic rings. The highest BCUT2D eigenvalue weighted by molar-refractivity contribution is 7.89. The summed E-state index contributed by atoms with van der Waals surface area (Å²) in [6.45, 7) is 6.35. The van der Waals surface area contributed by atoms with Crippen molar-refractivity contribution in [2.24, 2.45) is 16.9 Å². The van der Waals surface area contributed by atoms with Crippen molar-refractivity contribution in [2.75, 3.05) is 0 Å². The fourth-order valence-electron chi connectivity index (χ4n) is 2.42. The Balaban J connectivity index is 2.23. The Kier molecular flexibility index (Phi) is 4.83. The molecule has 0 bridgehead atoms. The third-order valence-electron chi connectivity index (χ3n) is 3.59. The standard InChI is InChI=1S/C16H22N2O2S/c1-12(2)15-10-9-13(3)11-16(15)17-18-21(19,20)14-7-5-4-6-8-14/h4-8,10,12-13,18H,9,11H2,1-3H3/b17-16-/t13-/m0/s1. The molecule has 0 aliphatic heterocycles. The summed E-state index contributed by atoms with van der Waals surface area (Å²) in [5, 5.41) is 4.19. The molecule has 0 saturated carbocycles. The molecular formula is C16H22N2O2S. The van der Waals surface area contributed by atoms with Gasteiger partial charge in [-0.1, -0.05) is 45.0 Å². The van der Waals surface area contributed by atoms with Crippen LogP contribution in [0.2, 0.25) is 0 Å². The minimum Gasteiger partial charge on any atom is -0.200 e. The zero-order chi connectivity index (χ0) is 15.5. The number of hydrogen-bond donors (Lipinski definition) is 1. The lowest BCUT2D eigenvalue weighted by atomic mass is 9.84. The van der Waals surface area contributed by atoms with Crippen molar-refractivity contribution >= 4 is 15.7 Å². The number of rotatable bonds is 4. The van der Waals surface area contributed by atoms with Crippen molar-refractivity contribution in [1.82, 2.24) is 4.83 Å². The molecule has 2 rings (SSSR count). The molecule has 4 nitrogen and oxygen atoms in total. The third kappa shape index (κ3) is 3.94. The quantitative estimate of drug-likeness (QED) is 0.867. The zero-order valence-corrected chi connectivity index (χ0v) is 13.5. The Bertz CT molecular complexity index is 646.